The minimum atomic E-state index is -0.935. The number of rotatable bonds is 3. The highest BCUT2D eigenvalue weighted by atomic mass is 16.6. The third kappa shape index (κ3) is 5.92. The summed E-state index contributed by atoms with van der Waals surface area (Å²) in [6.45, 7) is 9.62. The summed E-state index contributed by atoms with van der Waals surface area (Å²) >= 11 is 0. The van der Waals surface area contributed by atoms with Gasteiger partial charge >= 0.3 is 17.9 Å². The first-order valence-electron chi connectivity index (χ1n) is 8.85. The van der Waals surface area contributed by atoms with E-state index in [9.17, 15) is 14.4 Å². The van der Waals surface area contributed by atoms with Crippen molar-refractivity contribution in [3.8, 4) is 11.5 Å². The molecular weight excluding hydrogens is 380 g/mol. The molecule has 4 atom stereocenters. The minimum absolute atomic E-state index is 0.0174. The van der Waals surface area contributed by atoms with E-state index in [4.69, 9.17) is 24.4 Å². The Hall–Kier alpha value is -3.13. The number of aromatic hydroxyl groups is 1. The van der Waals surface area contributed by atoms with Crippen LogP contribution >= 0.6 is 0 Å². The van der Waals surface area contributed by atoms with E-state index in [-0.39, 0.29) is 41.5 Å². The number of carboxylic acid groups (broad SMARTS) is 1. The number of benzene rings is 1. The summed E-state index contributed by atoms with van der Waals surface area (Å²) in [6.07, 6.45) is 3.09. The predicted octanol–water partition coefficient (Wildman–Crippen LogP) is 2.42. The standard InChI is InChI=1S/C10H10O3.C7H7O3.C4H6O2/c1-7(2)10(12)13-9-5-3-8(11)4-6-9;8-7-4-1-3-2-5(10-7)6(4)9-3;1-3(2)4(5)6/h3-6,11H,1H2,2H3;2-6H,1H2;1H2,2H3,(H,5,6). The number of aliphatic carboxylic acids is 1. The van der Waals surface area contributed by atoms with Crippen molar-refractivity contribution >= 4 is 17.9 Å². The van der Waals surface area contributed by atoms with Crippen molar-refractivity contribution in [1.29, 1.82) is 0 Å². The van der Waals surface area contributed by atoms with Gasteiger partial charge in [0.2, 0.25) is 0 Å². The fourth-order valence-electron chi connectivity index (χ4n) is 2.75. The van der Waals surface area contributed by atoms with Gasteiger partial charge < -0.3 is 24.4 Å². The van der Waals surface area contributed by atoms with E-state index in [0.29, 0.717) is 11.3 Å². The molecule has 1 aromatic rings. The van der Waals surface area contributed by atoms with Crippen LogP contribution in [-0.2, 0) is 23.9 Å². The van der Waals surface area contributed by atoms with E-state index in [0.717, 1.165) is 6.42 Å². The lowest BCUT2D eigenvalue weighted by molar-refractivity contribution is -0.142. The Balaban J connectivity index is 0.000000166. The van der Waals surface area contributed by atoms with Gasteiger partial charge in [-0.1, -0.05) is 13.2 Å². The molecular formula is C21H23O8. The van der Waals surface area contributed by atoms with Gasteiger partial charge in [-0.3, -0.25) is 4.79 Å². The maximum Gasteiger partial charge on any atom is 0.338 e. The molecule has 3 aliphatic rings. The van der Waals surface area contributed by atoms with Gasteiger partial charge in [0.05, 0.1) is 12.0 Å². The zero-order valence-electron chi connectivity index (χ0n) is 16.2. The number of hydrogen-bond acceptors (Lipinski definition) is 7. The molecule has 8 nitrogen and oxygen atoms in total. The van der Waals surface area contributed by atoms with Crippen LogP contribution < -0.4 is 4.74 Å². The molecule has 4 rings (SSSR count). The topological polar surface area (TPSA) is 119 Å². The zero-order valence-corrected chi connectivity index (χ0v) is 16.2. The highest BCUT2D eigenvalue weighted by molar-refractivity contribution is 5.88. The molecule has 8 heteroatoms. The molecule has 2 bridgehead atoms. The molecule has 0 saturated carbocycles. The molecule has 3 aliphatic heterocycles. The van der Waals surface area contributed by atoms with Crippen molar-refractivity contribution in [2.24, 2.45) is 5.92 Å². The highest BCUT2D eigenvalue weighted by Crippen LogP contribution is 2.45. The van der Waals surface area contributed by atoms with Crippen LogP contribution in [0.2, 0.25) is 0 Å². The second-order valence-electron chi connectivity index (χ2n) is 6.82. The predicted molar refractivity (Wildman–Crippen MR) is 102 cm³/mol. The van der Waals surface area contributed by atoms with E-state index in [2.05, 4.69) is 13.2 Å². The fraction of sp³-hybridized carbons (Fsp3) is 0.333. The van der Waals surface area contributed by atoms with Crippen LogP contribution in [0.25, 0.3) is 0 Å². The van der Waals surface area contributed by atoms with E-state index >= 15 is 0 Å². The third-order valence-corrected chi connectivity index (χ3v) is 4.26. The summed E-state index contributed by atoms with van der Waals surface area (Å²) in [5.74, 6) is -0.882. The van der Waals surface area contributed by atoms with Gasteiger partial charge in [0.1, 0.15) is 23.7 Å². The van der Waals surface area contributed by atoms with Gasteiger partial charge in [-0.25, -0.2) is 9.59 Å². The molecule has 2 N–H and O–H groups in total. The number of esters is 2. The zero-order chi connectivity index (χ0) is 21.7. The van der Waals surface area contributed by atoms with Crippen molar-refractivity contribution in [3.63, 3.8) is 0 Å². The summed E-state index contributed by atoms with van der Waals surface area (Å²) < 4.78 is 15.3. The van der Waals surface area contributed by atoms with Crippen LogP contribution in [0, 0.1) is 12.3 Å². The lowest BCUT2D eigenvalue weighted by Gasteiger charge is -2.07. The Morgan fingerprint density at radius 3 is 2.14 bits per heavy atom. The Morgan fingerprint density at radius 2 is 1.72 bits per heavy atom. The van der Waals surface area contributed by atoms with Gasteiger partial charge in [0.15, 0.2) is 0 Å². The van der Waals surface area contributed by atoms with Crippen molar-refractivity contribution in [1.82, 2.24) is 0 Å². The van der Waals surface area contributed by atoms with Crippen molar-refractivity contribution in [2.75, 3.05) is 0 Å². The fourth-order valence-corrected chi connectivity index (χ4v) is 2.75. The molecule has 3 fully saturated rings. The summed E-state index contributed by atoms with van der Waals surface area (Å²) in [5.41, 5.74) is 0.517. The monoisotopic (exact) mass is 403 g/mol. The number of ether oxygens (including phenoxy) is 3. The SMILES string of the molecule is C=C(C)C(=O)O.C=C(C)C(=O)Oc1ccc(O)cc1.O=C1OC2[CH]C3CC1C2O3. The lowest BCUT2D eigenvalue weighted by atomic mass is 9.90. The van der Waals surface area contributed by atoms with Gasteiger partial charge in [-0.05, 0) is 44.5 Å². The van der Waals surface area contributed by atoms with Crippen LogP contribution in [0.1, 0.15) is 20.3 Å². The van der Waals surface area contributed by atoms with Crippen LogP contribution in [0.4, 0.5) is 0 Å². The van der Waals surface area contributed by atoms with E-state index in [1.165, 1.54) is 31.2 Å². The highest BCUT2D eigenvalue weighted by Gasteiger charge is 2.58. The van der Waals surface area contributed by atoms with Crippen molar-refractivity contribution in [2.45, 2.75) is 38.6 Å². The molecule has 1 aromatic carbocycles. The molecule has 29 heavy (non-hydrogen) atoms. The first-order chi connectivity index (χ1) is 13.6. The molecule has 0 amide bonds. The second-order valence-corrected chi connectivity index (χ2v) is 6.82. The first-order valence-corrected chi connectivity index (χ1v) is 8.85. The number of carboxylic acids is 1. The number of carbonyl (C=O) groups is 3. The maximum atomic E-state index is 11.0. The molecule has 0 aliphatic carbocycles. The second kappa shape index (κ2) is 9.38. The molecule has 4 unspecified atom stereocenters. The summed E-state index contributed by atoms with van der Waals surface area (Å²) in [7, 11) is 0. The molecule has 0 aromatic heterocycles. The van der Waals surface area contributed by atoms with Crippen LogP contribution in [0.5, 0.6) is 11.5 Å². The van der Waals surface area contributed by atoms with Gasteiger partial charge in [-0.15, -0.1) is 0 Å². The minimum Gasteiger partial charge on any atom is -0.508 e. The van der Waals surface area contributed by atoms with Gasteiger partial charge in [-0.2, -0.15) is 0 Å². The van der Waals surface area contributed by atoms with Crippen molar-refractivity contribution < 1.29 is 38.8 Å². The van der Waals surface area contributed by atoms with Gasteiger partial charge in [0, 0.05) is 17.6 Å². The number of hydrogen-bond donors (Lipinski definition) is 2. The molecule has 1 radical (unpaired) electrons. The maximum absolute atomic E-state index is 11.0. The average Bonchev–Trinajstić information content (AvgIpc) is 3.28. The number of phenols is 1. The molecule has 3 heterocycles. The lowest BCUT2D eigenvalue weighted by Crippen LogP contribution is -2.22. The van der Waals surface area contributed by atoms with Crippen LogP contribution in [-0.4, -0.2) is 46.4 Å². The van der Waals surface area contributed by atoms with Crippen molar-refractivity contribution in [3.05, 3.63) is 55.0 Å². The summed E-state index contributed by atoms with van der Waals surface area (Å²) in [6, 6.07) is 5.91. The first kappa shape index (κ1) is 22.2. The van der Waals surface area contributed by atoms with Crippen LogP contribution in [0.3, 0.4) is 0 Å². The van der Waals surface area contributed by atoms with Gasteiger partial charge in [0.25, 0.3) is 0 Å². The van der Waals surface area contributed by atoms with E-state index < -0.39 is 11.9 Å². The Labute approximate surface area is 168 Å². The third-order valence-electron chi connectivity index (χ3n) is 4.26. The quantitative estimate of drug-likeness (QED) is 0.449. The molecule has 0 spiro atoms. The molecule has 3 saturated heterocycles. The summed E-state index contributed by atoms with van der Waals surface area (Å²) in [5, 5.41) is 16.8. The number of carbonyl (C=O) groups excluding carboxylic acids is 2. The number of phenolic OH excluding ortho intramolecular Hbond substituents is 1. The summed E-state index contributed by atoms with van der Waals surface area (Å²) in [4.78, 5) is 31.6. The normalized spacial score (nSPS) is 25.0. The van der Waals surface area contributed by atoms with E-state index in [1.54, 1.807) is 6.92 Å². The molecule has 155 valence electrons. The average molecular weight is 403 g/mol. The van der Waals surface area contributed by atoms with Crippen LogP contribution in [0.15, 0.2) is 48.6 Å². The smallest absolute Gasteiger partial charge is 0.338 e. The Morgan fingerprint density at radius 1 is 1.14 bits per heavy atom. The number of fused-ring (bicyclic) bond motifs is 1. The van der Waals surface area contributed by atoms with E-state index in [1.807, 2.05) is 6.42 Å². The Bertz CT molecular complexity index is 796. The largest absolute Gasteiger partial charge is 0.508 e. The Kier molecular flexibility index (Phi) is 7.17.